The lowest BCUT2D eigenvalue weighted by Crippen LogP contribution is -2.79. The average molecular weight is 769 g/mol. The number of fused-ring (bicyclic) bond motifs is 2. The molecule has 294 valence electrons. The first-order valence-electron chi connectivity index (χ1n) is 18.1. The topological polar surface area (TPSA) is 255 Å². The molecule has 22 nitrogen and oxygen atoms in total. The largest absolute Gasteiger partial charge is 0.475 e. The molecule has 7 aliphatic rings. The van der Waals surface area contributed by atoms with Gasteiger partial charge in [-0.25, -0.2) is 9.69 Å². The maximum atomic E-state index is 13.2. The lowest BCUT2D eigenvalue weighted by molar-refractivity contribution is -0.315. The highest BCUT2D eigenvalue weighted by molar-refractivity contribution is 6.43. The second kappa shape index (κ2) is 13.9. The quantitative estimate of drug-likeness (QED) is 0.0563. The molecular formula is C32H41BN10O12. The molecule has 0 radical (unpaired) electrons. The number of rotatable bonds is 10. The van der Waals surface area contributed by atoms with Crippen LogP contribution in [-0.4, -0.2) is 197 Å². The molecule has 0 aromatic heterocycles. The third kappa shape index (κ3) is 6.69. The molecule has 23 heteroatoms. The number of anilines is 1. The molecular weight excluding hydrogens is 727 g/mol. The number of amides is 5. The highest BCUT2D eigenvalue weighted by Crippen LogP contribution is 2.54. The Balaban J connectivity index is 0.848. The number of morpholine rings is 1. The molecule has 1 aromatic carbocycles. The van der Waals surface area contributed by atoms with Crippen LogP contribution in [0.3, 0.4) is 0 Å². The Bertz CT molecular complexity index is 1810. The Labute approximate surface area is 314 Å². The van der Waals surface area contributed by atoms with Crippen LogP contribution in [0.4, 0.5) is 10.5 Å². The van der Waals surface area contributed by atoms with Gasteiger partial charge in [0.1, 0.15) is 6.54 Å². The van der Waals surface area contributed by atoms with Crippen molar-refractivity contribution in [3.8, 4) is 0 Å². The number of nitrogens with zero attached hydrogens (tertiary/aromatic N) is 6. The normalized spacial score (nSPS) is 31.2. The summed E-state index contributed by atoms with van der Waals surface area (Å²) in [7, 11) is -1.65. The summed E-state index contributed by atoms with van der Waals surface area (Å²) in [6.45, 7) is 0.632. The Kier molecular flexibility index (Phi) is 9.32. The average Bonchev–Trinajstić information content (AvgIpc) is 3.87. The van der Waals surface area contributed by atoms with Crippen molar-refractivity contribution in [2.45, 2.75) is 36.1 Å². The van der Waals surface area contributed by atoms with Gasteiger partial charge in [-0.1, -0.05) is 0 Å². The van der Waals surface area contributed by atoms with Crippen LogP contribution in [-0.2, 0) is 38.2 Å². The van der Waals surface area contributed by atoms with E-state index in [0.717, 1.165) is 0 Å². The van der Waals surface area contributed by atoms with Crippen molar-refractivity contribution >= 4 is 54.5 Å². The number of carbonyl (C=O) groups is 7. The van der Waals surface area contributed by atoms with E-state index >= 15 is 0 Å². The predicted molar refractivity (Wildman–Crippen MR) is 183 cm³/mol. The van der Waals surface area contributed by atoms with Crippen LogP contribution in [0, 0.1) is 0 Å². The first-order valence-corrected chi connectivity index (χ1v) is 18.1. The molecule has 0 aliphatic carbocycles. The highest BCUT2D eigenvalue weighted by Gasteiger charge is 2.79. The number of hydrazine groups is 1. The number of hydrogen-bond acceptors (Lipinski definition) is 17. The van der Waals surface area contributed by atoms with Crippen LogP contribution in [0.5, 0.6) is 0 Å². The number of hydrogen-bond donors (Lipinski definition) is 6. The molecule has 7 fully saturated rings. The molecule has 7 aliphatic heterocycles. The van der Waals surface area contributed by atoms with E-state index in [-0.39, 0.29) is 71.0 Å². The summed E-state index contributed by atoms with van der Waals surface area (Å²) in [4.78, 5) is 99.7. The van der Waals surface area contributed by atoms with Crippen molar-refractivity contribution in [3.05, 3.63) is 29.8 Å². The molecule has 1 aromatic rings. The van der Waals surface area contributed by atoms with Gasteiger partial charge in [-0.3, -0.25) is 54.3 Å². The van der Waals surface area contributed by atoms with Crippen LogP contribution >= 0.6 is 0 Å². The number of piperazine rings is 1. The molecule has 3 spiro atoms. The predicted octanol–water partition coefficient (Wildman–Crippen LogP) is -5.16. The Morgan fingerprint density at radius 1 is 0.818 bits per heavy atom. The van der Waals surface area contributed by atoms with Crippen molar-refractivity contribution in [3.63, 3.8) is 0 Å². The Morgan fingerprint density at radius 2 is 1.56 bits per heavy atom. The summed E-state index contributed by atoms with van der Waals surface area (Å²) < 4.78 is 18.0. The van der Waals surface area contributed by atoms with Gasteiger partial charge < -0.3 is 39.8 Å². The van der Waals surface area contributed by atoms with Crippen LogP contribution in [0.25, 0.3) is 0 Å². The van der Waals surface area contributed by atoms with E-state index in [1.165, 1.54) is 34.1 Å². The van der Waals surface area contributed by atoms with Gasteiger partial charge in [0.2, 0.25) is 29.1 Å². The minimum absolute atomic E-state index is 0.00341. The number of esters is 2. The third-order valence-corrected chi connectivity index (χ3v) is 11.1. The van der Waals surface area contributed by atoms with Crippen molar-refractivity contribution in [2.24, 2.45) is 0 Å². The van der Waals surface area contributed by atoms with E-state index in [1.807, 2.05) is 4.90 Å². The summed E-state index contributed by atoms with van der Waals surface area (Å²) in [6.07, 6.45) is 0.551. The van der Waals surface area contributed by atoms with Crippen molar-refractivity contribution in [2.75, 3.05) is 90.5 Å². The van der Waals surface area contributed by atoms with Gasteiger partial charge in [0.15, 0.2) is 0 Å². The summed E-state index contributed by atoms with van der Waals surface area (Å²) in [5.74, 6) is -5.21. The molecule has 5 amide bonds. The van der Waals surface area contributed by atoms with Gasteiger partial charge >= 0.3 is 25.2 Å². The number of nitrogens with one attached hydrogen (secondary N) is 4. The fourth-order valence-corrected chi connectivity index (χ4v) is 8.92. The minimum Gasteiger partial charge on any atom is -0.439 e. The minimum atomic E-state index is -1.65. The highest BCUT2D eigenvalue weighted by atomic mass is 16.7. The molecule has 8 rings (SSSR count). The SMILES string of the molecule is O=C(CN1CCN2CC(=O)OC3(C2)CN2CC4(CN5CC(=O)OC5(C1)N34)OC2=O)NCC(=O)NNc1ccc(C(=O)NCC(=O)N2CCC[C@H]2B(O)O)cc1. The molecule has 4 unspecified atom stereocenters. The van der Waals surface area contributed by atoms with Crippen LogP contribution < -0.4 is 21.5 Å². The smallest absolute Gasteiger partial charge is 0.439 e. The standard InChI is InChI=1S/C32H41BN10O12/c44-23(37-36-21-5-3-20(4-6-21)28(49)35-11-25(46)42-7-1-2-22(42)33(51)52)10-34-24(45)12-38-8-9-39-13-26(47)53-30(15-39)16-40-17-31(55-29(40)50)18-41-14-27(48)54-32(41,19-38)43(30)31/h3-6,22,36,51-52H,1-2,7-19H2,(H,34,45)(H,35,49)(H,37,44)/t22-,30?,31?,32?/m0/s1. The molecule has 4 bridgehead atoms. The Morgan fingerprint density at radius 3 is 2.33 bits per heavy atom. The number of ether oxygens (including phenoxy) is 3. The van der Waals surface area contributed by atoms with E-state index in [0.29, 0.717) is 38.2 Å². The van der Waals surface area contributed by atoms with E-state index in [1.54, 1.807) is 14.7 Å². The summed E-state index contributed by atoms with van der Waals surface area (Å²) in [5.41, 5.74) is 3.25. The monoisotopic (exact) mass is 768 g/mol. The second-order valence-electron chi connectivity index (χ2n) is 14.8. The number of carbonyl (C=O) groups excluding carboxylic acids is 7. The zero-order valence-corrected chi connectivity index (χ0v) is 29.7. The van der Waals surface area contributed by atoms with Crippen molar-refractivity contribution in [1.29, 1.82) is 0 Å². The van der Waals surface area contributed by atoms with Crippen LogP contribution in [0.15, 0.2) is 24.3 Å². The van der Waals surface area contributed by atoms with Gasteiger partial charge in [-0.05, 0) is 37.1 Å². The van der Waals surface area contributed by atoms with Crippen molar-refractivity contribution in [1.82, 2.24) is 45.5 Å². The third-order valence-electron chi connectivity index (χ3n) is 11.1. The molecule has 0 saturated carbocycles. The fourth-order valence-electron chi connectivity index (χ4n) is 8.92. The molecule has 7 saturated heterocycles. The van der Waals surface area contributed by atoms with Crippen molar-refractivity contribution < 1.29 is 57.8 Å². The number of likely N-dealkylation sites (tertiary alicyclic amines) is 1. The lowest BCUT2D eigenvalue weighted by Gasteiger charge is -2.56. The first kappa shape index (κ1) is 36.9. The zero-order chi connectivity index (χ0) is 38.7. The summed E-state index contributed by atoms with van der Waals surface area (Å²) in [6, 6.07) is 6.03. The Hall–Kier alpha value is -5.07. The lowest BCUT2D eigenvalue weighted by atomic mass is 9.78. The molecule has 6 N–H and O–H groups in total. The van der Waals surface area contributed by atoms with Gasteiger partial charge in [0, 0.05) is 25.2 Å². The second-order valence-corrected chi connectivity index (χ2v) is 14.8. The van der Waals surface area contributed by atoms with E-state index in [9.17, 15) is 43.6 Å². The van der Waals surface area contributed by atoms with Crippen LogP contribution in [0.2, 0.25) is 0 Å². The first-order chi connectivity index (χ1) is 26.3. The van der Waals surface area contributed by atoms with Gasteiger partial charge in [-0.2, -0.15) is 4.90 Å². The molecule has 55 heavy (non-hydrogen) atoms. The van der Waals surface area contributed by atoms with Gasteiger partial charge in [0.05, 0.1) is 70.5 Å². The van der Waals surface area contributed by atoms with Gasteiger partial charge in [0.25, 0.3) is 11.8 Å². The van der Waals surface area contributed by atoms with Gasteiger partial charge in [-0.15, -0.1) is 0 Å². The zero-order valence-electron chi connectivity index (χ0n) is 29.7. The van der Waals surface area contributed by atoms with E-state index in [2.05, 4.69) is 21.5 Å². The maximum Gasteiger partial charge on any atom is 0.475 e. The molecule has 5 atom stereocenters. The summed E-state index contributed by atoms with van der Waals surface area (Å²) >= 11 is 0. The van der Waals surface area contributed by atoms with E-state index < -0.39 is 72.0 Å². The fraction of sp³-hybridized carbons (Fsp3) is 0.594. The number of benzene rings is 1. The maximum absolute atomic E-state index is 13.2. The molecule has 7 heterocycles. The van der Waals surface area contributed by atoms with E-state index in [4.69, 9.17) is 14.2 Å². The summed E-state index contributed by atoms with van der Waals surface area (Å²) in [5, 5.41) is 24.1. The van der Waals surface area contributed by atoms with Crippen LogP contribution in [0.1, 0.15) is 23.2 Å².